The number of rotatable bonds is 9. The number of allylic oxidation sites excluding steroid dienone is 1. The van der Waals surface area contributed by atoms with Gasteiger partial charge in [0.25, 0.3) is 5.91 Å². The molecule has 198 valence electrons. The molecule has 2 saturated carbocycles. The van der Waals surface area contributed by atoms with Crippen LogP contribution in [0.15, 0.2) is 36.2 Å². The van der Waals surface area contributed by atoms with Crippen LogP contribution in [0.2, 0.25) is 0 Å². The molecule has 3 aliphatic rings. The summed E-state index contributed by atoms with van der Waals surface area (Å²) in [6.45, 7) is 4.89. The number of carbonyl (C=O) groups is 2. The molecule has 2 fully saturated rings. The van der Waals surface area contributed by atoms with Crippen LogP contribution < -0.4 is 20.7 Å². The lowest BCUT2D eigenvalue weighted by molar-refractivity contribution is -0.125. The largest absolute Gasteiger partial charge is 0.493 e. The summed E-state index contributed by atoms with van der Waals surface area (Å²) in [4.78, 5) is 28.6. The summed E-state index contributed by atoms with van der Waals surface area (Å²) in [6, 6.07) is 8.50. The van der Waals surface area contributed by atoms with Crippen LogP contribution in [0.25, 0.3) is 5.57 Å². The van der Waals surface area contributed by atoms with Crippen LogP contribution >= 0.6 is 0 Å². The highest BCUT2D eigenvalue weighted by molar-refractivity contribution is 6.20. The minimum Gasteiger partial charge on any atom is -0.493 e. The fraction of sp³-hybridized carbons (Fsp3) is 0.517. The number of amides is 2. The third kappa shape index (κ3) is 5.85. The number of aromatic nitrogens is 1. The lowest BCUT2D eigenvalue weighted by atomic mass is 9.88. The number of nitrogens with one attached hydrogen (secondary N) is 4. The zero-order valence-electron chi connectivity index (χ0n) is 22.0. The molecule has 2 amide bonds. The van der Waals surface area contributed by atoms with Gasteiger partial charge < -0.3 is 30.4 Å². The van der Waals surface area contributed by atoms with Gasteiger partial charge in [-0.25, -0.2) is 0 Å². The lowest BCUT2D eigenvalue weighted by Gasteiger charge is -2.32. The molecular weight excluding hydrogens is 468 g/mol. The summed E-state index contributed by atoms with van der Waals surface area (Å²) in [5.41, 5.74) is 5.66. The number of methoxy groups -OCH3 is 1. The van der Waals surface area contributed by atoms with E-state index in [-0.39, 0.29) is 36.5 Å². The van der Waals surface area contributed by atoms with Gasteiger partial charge in [0.2, 0.25) is 5.91 Å². The van der Waals surface area contributed by atoms with Crippen molar-refractivity contribution in [1.29, 1.82) is 0 Å². The van der Waals surface area contributed by atoms with Crippen LogP contribution in [0.1, 0.15) is 73.9 Å². The van der Waals surface area contributed by atoms with Crippen molar-refractivity contribution in [3.05, 3.63) is 58.5 Å². The molecule has 1 unspecified atom stereocenters. The first-order valence-corrected chi connectivity index (χ1v) is 13.4. The number of benzene rings is 1. The van der Waals surface area contributed by atoms with E-state index in [4.69, 9.17) is 9.47 Å². The van der Waals surface area contributed by atoms with Crippen molar-refractivity contribution < 1.29 is 19.1 Å². The number of carbonyl (C=O) groups excluding carboxylic acids is 2. The average Bonchev–Trinajstić information content (AvgIpc) is 3.58. The third-order valence-corrected chi connectivity index (χ3v) is 7.65. The topological polar surface area (TPSA) is 104 Å². The summed E-state index contributed by atoms with van der Waals surface area (Å²) < 4.78 is 11.1. The van der Waals surface area contributed by atoms with Crippen LogP contribution in [0.5, 0.6) is 5.75 Å². The van der Waals surface area contributed by atoms with E-state index in [1.165, 1.54) is 25.5 Å². The van der Waals surface area contributed by atoms with Gasteiger partial charge in [0, 0.05) is 42.2 Å². The molecule has 37 heavy (non-hydrogen) atoms. The Morgan fingerprint density at radius 1 is 0.973 bits per heavy atom. The molecule has 2 aliphatic carbocycles. The minimum absolute atomic E-state index is 0.0755. The Hall–Kier alpha value is -3.26. The van der Waals surface area contributed by atoms with Crippen molar-refractivity contribution in [1.82, 2.24) is 20.9 Å². The van der Waals surface area contributed by atoms with E-state index in [2.05, 4.69) is 46.1 Å². The first-order chi connectivity index (χ1) is 17.9. The van der Waals surface area contributed by atoms with Crippen molar-refractivity contribution in [3.8, 4) is 5.75 Å². The number of H-pyrrole nitrogens is 1. The van der Waals surface area contributed by atoms with Crippen molar-refractivity contribution in [3.63, 3.8) is 0 Å². The van der Waals surface area contributed by atoms with Crippen molar-refractivity contribution in [2.45, 2.75) is 70.5 Å². The van der Waals surface area contributed by atoms with Crippen molar-refractivity contribution >= 4 is 17.4 Å². The fourth-order valence-electron chi connectivity index (χ4n) is 5.48. The molecule has 0 radical (unpaired) electrons. The highest BCUT2D eigenvalue weighted by Gasteiger charge is 2.33. The molecule has 0 bridgehead atoms. The highest BCUT2D eigenvalue weighted by atomic mass is 16.5. The maximum Gasteiger partial charge on any atom is 0.255 e. The fourth-order valence-corrected chi connectivity index (χ4v) is 5.48. The molecule has 8 heteroatoms. The SMILES string of the molecule is COCC(=O)NC1CCC(NC(=O)C2=C(C)NC(c3cc(C)ccc3OCC3CC3)c3cc[nH]c32)CC1. The maximum atomic E-state index is 13.5. The summed E-state index contributed by atoms with van der Waals surface area (Å²) >= 11 is 0. The predicted molar refractivity (Wildman–Crippen MR) is 142 cm³/mol. The maximum absolute atomic E-state index is 13.5. The summed E-state index contributed by atoms with van der Waals surface area (Å²) in [5, 5.41) is 9.87. The number of aryl methyl sites for hydroxylation is 1. The van der Waals surface area contributed by atoms with Gasteiger partial charge in [-0.3, -0.25) is 9.59 Å². The zero-order chi connectivity index (χ0) is 25.9. The van der Waals surface area contributed by atoms with Crippen LogP contribution in [0.3, 0.4) is 0 Å². The van der Waals surface area contributed by atoms with Crippen molar-refractivity contribution in [2.24, 2.45) is 5.92 Å². The second-order valence-corrected chi connectivity index (χ2v) is 10.7. The molecule has 0 saturated heterocycles. The Bertz CT molecular complexity index is 1170. The zero-order valence-corrected chi connectivity index (χ0v) is 22.0. The van der Waals surface area contributed by atoms with Crippen molar-refractivity contribution in [2.75, 3.05) is 20.3 Å². The summed E-state index contributed by atoms with van der Waals surface area (Å²) in [5.74, 6) is 1.41. The first kappa shape index (κ1) is 25.4. The lowest BCUT2D eigenvalue weighted by Crippen LogP contribution is -2.45. The number of hydrogen-bond donors (Lipinski definition) is 4. The van der Waals surface area contributed by atoms with E-state index in [0.717, 1.165) is 60.6 Å². The smallest absolute Gasteiger partial charge is 0.255 e. The van der Waals surface area contributed by atoms with Gasteiger partial charge in [-0.1, -0.05) is 11.6 Å². The minimum atomic E-state index is -0.0990. The molecule has 1 atom stereocenters. The van der Waals surface area contributed by atoms with E-state index < -0.39 is 0 Å². The molecule has 1 aromatic carbocycles. The predicted octanol–water partition coefficient (Wildman–Crippen LogP) is 3.73. The summed E-state index contributed by atoms with van der Waals surface area (Å²) in [7, 11) is 1.52. The standard InChI is InChI=1S/C29H38N4O4/c1-17-4-11-24(37-15-19-5-6-19)23(14-17)27-22-12-13-30-28(22)26(18(2)31-27)29(35)33-21-9-7-20(8-10-21)32-25(34)16-36-3/h4,11-14,19-21,27,30-31H,5-10,15-16H2,1-3H3,(H,32,34)(H,33,35). The molecule has 0 spiro atoms. The molecule has 8 nitrogen and oxygen atoms in total. The third-order valence-electron chi connectivity index (χ3n) is 7.65. The highest BCUT2D eigenvalue weighted by Crippen LogP contribution is 2.40. The second kappa shape index (κ2) is 11.0. The number of hydrogen-bond acceptors (Lipinski definition) is 5. The Labute approximate surface area is 218 Å². The van der Waals surface area contributed by atoms with Gasteiger partial charge in [0.1, 0.15) is 12.4 Å². The van der Waals surface area contributed by atoms with Gasteiger partial charge in [-0.2, -0.15) is 0 Å². The quantitative estimate of drug-likeness (QED) is 0.415. The van der Waals surface area contributed by atoms with Crippen LogP contribution in [-0.4, -0.2) is 49.2 Å². The number of fused-ring (bicyclic) bond motifs is 1. The van der Waals surface area contributed by atoms with Crippen LogP contribution in [0, 0.1) is 12.8 Å². The van der Waals surface area contributed by atoms with Gasteiger partial charge in [-0.15, -0.1) is 0 Å². The molecule has 5 rings (SSSR count). The van der Waals surface area contributed by atoms with Gasteiger partial charge in [0.15, 0.2) is 0 Å². The first-order valence-electron chi connectivity index (χ1n) is 13.4. The monoisotopic (exact) mass is 506 g/mol. The summed E-state index contributed by atoms with van der Waals surface area (Å²) in [6.07, 6.45) is 7.72. The molecule has 2 heterocycles. The number of ether oxygens (including phenoxy) is 2. The molecule has 2 aromatic rings. The normalized spacial score (nSPS) is 23.2. The second-order valence-electron chi connectivity index (χ2n) is 10.7. The Morgan fingerprint density at radius 2 is 1.70 bits per heavy atom. The molecule has 1 aliphatic heterocycles. The van der Waals surface area contributed by atoms with Gasteiger partial charge in [0.05, 0.1) is 23.9 Å². The van der Waals surface area contributed by atoms with E-state index in [0.29, 0.717) is 11.5 Å². The average molecular weight is 507 g/mol. The van der Waals surface area contributed by atoms with E-state index in [1.807, 2.05) is 19.2 Å². The van der Waals surface area contributed by atoms with E-state index >= 15 is 0 Å². The Morgan fingerprint density at radius 3 is 2.41 bits per heavy atom. The van der Waals surface area contributed by atoms with E-state index in [9.17, 15) is 9.59 Å². The van der Waals surface area contributed by atoms with Crippen LogP contribution in [0.4, 0.5) is 0 Å². The molecule has 1 aromatic heterocycles. The van der Waals surface area contributed by atoms with Gasteiger partial charge >= 0.3 is 0 Å². The van der Waals surface area contributed by atoms with E-state index in [1.54, 1.807) is 0 Å². The van der Waals surface area contributed by atoms with Gasteiger partial charge in [-0.05, 0) is 76.5 Å². The van der Waals surface area contributed by atoms with Crippen LogP contribution in [-0.2, 0) is 14.3 Å². The number of aromatic amines is 1. The Kier molecular flexibility index (Phi) is 7.55. The Balaban J connectivity index is 1.28. The molecular formula is C29H38N4O4. The molecule has 4 N–H and O–H groups in total.